The number of rotatable bonds is 4. The molecule has 0 aromatic carbocycles. The molecule has 2 aliphatic heterocycles. The third kappa shape index (κ3) is 7.07. The molecule has 2 N–H and O–H groups in total. The minimum Gasteiger partial charge on any atom is -0.444 e. The van der Waals surface area contributed by atoms with Gasteiger partial charge in [0.05, 0.1) is 10.6 Å². The highest BCUT2D eigenvalue weighted by molar-refractivity contribution is 8.18. The topological polar surface area (TPSA) is 114 Å². The number of amides is 3. The number of hydrogen-bond acceptors (Lipinski definition) is 8. The summed E-state index contributed by atoms with van der Waals surface area (Å²) in [5, 5.41) is 4.17. The van der Waals surface area contributed by atoms with E-state index in [2.05, 4.69) is 15.3 Å². The molecule has 0 atom stereocenters. The number of halogens is 3. The molecule has 0 spiro atoms. The van der Waals surface area contributed by atoms with Gasteiger partial charge in [0.2, 0.25) is 5.95 Å². The summed E-state index contributed by atoms with van der Waals surface area (Å²) in [6.07, 6.45) is -2.86. The fourth-order valence-electron chi connectivity index (χ4n) is 3.25. The Morgan fingerprint density at radius 1 is 1.27 bits per heavy atom. The number of nitrogens with zero attached hydrogens (tertiary/aromatic N) is 3. The van der Waals surface area contributed by atoms with Crippen LogP contribution in [0.1, 0.15) is 45.0 Å². The SMILES string of the molecule is CC(C)(C)OC(=O)NCC1CCN(c2nc(C=C3SC(=O)NC3=O)cc(C(F)(F)F)n2)CC1. The summed E-state index contributed by atoms with van der Waals surface area (Å²) in [7, 11) is 0. The van der Waals surface area contributed by atoms with Gasteiger partial charge in [0, 0.05) is 19.6 Å². The summed E-state index contributed by atoms with van der Waals surface area (Å²) in [6, 6.07) is 0.741. The average Bonchev–Trinajstić information content (AvgIpc) is 3.01. The van der Waals surface area contributed by atoms with Crippen LogP contribution in [-0.2, 0) is 15.7 Å². The summed E-state index contributed by atoms with van der Waals surface area (Å²) < 4.78 is 45.4. The molecule has 0 radical (unpaired) electrons. The van der Waals surface area contributed by atoms with Crippen molar-refractivity contribution in [3.63, 3.8) is 0 Å². The van der Waals surface area contributed by atoms with Gasteiger partial charge in [-0.2, -0.15) is 13.2 Å². The molecule has 9 nitrogen and oxygen atoms in total. The van der Waals surface area contributed by atoms with Gasteiger partial charge in [-0.05, 0) is 63.4 Å². The fraction of sp³-hybridized carbons (Fsp3) is 0.550. The molecule has 0 saturated carbocycles. The lowest BCUT2D eigenvalue weighted by Gasteiger charge is -2.32. The van der Waals surface area contributed by atoms with E-state index >= 15 is 0 Å². The van der Waals surface area contributed by atoms with E-state index in [-0.39, 0.29) is 22.5 Å². The van der Waals surface area contributed by atoms with Crippen molar-refractivity contribution in [1.29, 1.82) is 0 Å². The van der Waals surface area contributed by atoms with Gasteiger partial charge in [0.1, 0.15) is 5.60 Å². The lowest BCUT2D eigenvalue weighted by atomic mass is 9.97. The lowest BCUT2D eigenvalue weighted by Crippen LogP contribution is -2.41. The molecule has 1 aromatic rings. The first-order chi connectivity index (χ1) is 15.3. The van der Waals surface area contributed by atoms with Crippen molar-refractivity contribution in [3.05, 3.63) is 22.4 Å². The number of nitrogens with one attached hydrogen (secondary N) is 2. The summed E-state index contributed by atoms with van der Waals surface area (Å²) in [5.41, 5.74) is -1.86. The van der Waals surface area contributed by atoms with Gasteiger partial charge in [-0.25, -0.2) is 14.8 Å². The Hall–Kier alpha value is -2.83. The summed E-state index contributed by atoms with van der Waals surface area (Å²) in [6.45, 7) is 6.47. The molecule has 13 heteroatoms. The second-order valence-electron chi connectivity index (χ2n) is 8.64. The van der Waals surface area contributed by atoms with Crippen LogP contribution in [0.5, 0.6) is 0 Å². The molecule has 3 heterocycles. The van der Waals surface area contributed by atoms with Crippen molar-refractivity contribution in [2.24, 2.45) is 5.92 Å². The maximum Gasteiger partial charge on any atom is 0.433 e. The first kappa shape index (κ1) is 24.8. The third-order valence-electron chi connectivity index (χ3n) is 4.78. The van der Waals surface area contributed by atoms with E-state index in [4.69, 9.17) is 4.74 Å². The number of aromatic nitrogens is 2. The molecule has 2 saturated heterocycles. The molecule has 1 aromatic heterocycles. The quantitative estimate of drug-likeness (QED) is 0.620. The number of carbonyl (C=O) groups is 3. The van der Waals surface area contributed by atoms with Gasteiger partial charge < -0.3 is 15.0 Å². The predicted octanol–water partition coefficient (Wildman–Crippen LogP) is 3.56. The molecule has 33 heavy (non-hydrogen) atoms. The van der Waals surface area contributed by atoms with E-state index in [1.54, 1.807) is 25.7 Å². The molecule has 3 amide bonds. The van der Waals surface area contributed by atoms with Gasteiger partial charge in [0.25, 0.3) is 11.1 Å². The van der Waals surface area contributed by atoms with Gasteiger partial charge in [0.15, 0.2) is 5.69 Å². The van der Waals surface area contributed by atoms with E-state index in [1.807, 2.05) is 5.32 Å². The van der Waals surface area contributed by atoms with Crippen LogP contribution in [-0.4, -0.2) is 52.4 Å². The van der Waals surface area contributed by atoms with Gasteiger partial charge in [-0.1, -0.05) is 0 Å². The molecule has 3 rings (SSSR count). The number of hydrogen-bond donors (Lipinski definition) is 2. The standard InChI is InChI=1S/C20H24F3N5O4S/c1-19(2,3)32-17(30)24-10-11-4-6-28(7-5-11)16-25-12(9-14(26-16)20(21,22)23)8-13-15(29)27-18(31)33-13/h8-9,11H,4-7,10H2,1-3H3,(H,24,30)(H,27,29,31). The van der Waals surface area contributed by atoms with E-state index in [0.717, 1.165) is 12.1 Å². The highest BCUT2D eigenvalue weighted by Crippen LogP contribution is 2.32. The normalized spacial score (nSPS) is 19.1. The van der Waals surface area contributed by atoms with Crippen LogP contribution in [0, 0.1) is 5.92 Å². The molecule has 2 fully saturated rings. The molecule has 0 bridgehead atoms. The number of alkyl halides is 3. The number of imide groups is 1. The molecular formula is C20H24F3N5O4S. The monoisotopic (exact) mass is 487 g/mol. The van der Waals surface area contributed by atoms with Crippen molar-refractivity contribution < 1.29 is 32.3 Å². The van der Waals surface area contributed by atoms with E-state index in [9.17, 15) is 27.6 Å². The molecule has 2 aliphatic rings. The number of ether oxygens (including phenoxy) is 1. The van der Waals surface area contributed by atoms with Crippen molar-refractivity contribution in [2.75, 3.05) is 24.5 Å². The first-order valence-corrected chi connectivity index (χ1v) is 11.0. The maximum atomic E-state index is 13.4. The Labute approximate surface area is 192 Å². The Bertz CT molecular complexity index is 969. The van der Waals surface area contributed by atoms with Crippen molar-refractivity contribution in [2.45, 2.75) is 45.4 Å². The number of anilines is 1. The second-order valence-corrected chi connectivity index (χ2v) is 9.66. The van der Waals surface area contributed by atoms with Crippen LogP contribution in [0.25, 0.3) is 6.08 Å². The molecule has 0 aliphatic carbocycles. The maximum absolute atomic E-state index is 13.4. The lowest BCUT2D eigenvalue weighted by molar-refractivity contribution is -0.141. The van der Waals surface area contributed by atoms with E-state index < -0.39 is 34.7 Å². The Balaban J connectivity index is 1.69. The van der Waals surface area contributed by atoms with Crippen LogP contribution in [0.2, 0.25) is 0 Å². The van der Waals surface area contributed by atoms with Gasteiger partial charge in [-0.15, -0.1) is 0 Å². The zero-order chi connectivity index (χ0) is 24.4. The van der Waals surface area contributed by atoms with Crippen LogP contribution in [0.3, 0.4) is 0 Å². The number of piperidine rings is 1. The molecule has 0 unspecified atom stereocenters. The fourth-order valence-corrected chi connectivity index (χ4v) is 3.91. The predicted molar refractivity (Wildman–Crippen MR) is 115 cm³/mol. The van der Waals surface area contributed by atoms with Crippen molar-refractivity contribution >= 4 is 41.0 Å². The summed E-state index contributed by atoms with van der Waals surface area (Å²) in [5.74, 6) is -0.660. The first-order valence-electron chi connectivity index (χ1n) is 10.2. The van der Waals surface area contributed by atoms with Crippen LogP contribution in [0.4, 0.5) is 28.7 Å². The van der Waals surface area contributed by atoms with Crippen LogP contribution in [0.15, 0.2) is 11.0 Å². The zero-order valence-electron chi connectivity index (χ0n) is 18.3. The average molecular weight is 488 g/mol. The zero-order valence-corrected chi connectivity index (χ0v) is 19.1. The minimum absolute atomic E-state index is 0.0373. The Morgan fingerprint density at radius 2 is 1.94 bits per heavy atom. The Morgan fingerprint density at radius 3 is 2.48 bits per heavy atom. The summed E-state index contributed by atoms with van der Waals surface area (Å²) >= 11 is 0.596. The van der Waals surface area contributed by atoms with Gasteiger partial charge in [-0.3, -0.25) is 14.9 Å². The van der Waals surface area contributed by atoms with Crippen LogP contribution >= 0.6 is 11.8 Å². The number of carbonyl (C=O) groups excluding carboxylic acids is 3. The minimum atomic E-state index is -4.71. The number of alkyl carbamates (subject to hydrolysis) is 1. The second kappa shape index (κ2) is 9.57. The van der Waals surface area contributed by atoms with E-state index in [1.165, 1.54) is 0 Å². The number of thioether (sulfide) groups is 1. The third-order valence-corrected chi connectivity index (χ3v) is 5.59. The largest absolute Gasteiger partial charge is 0.444 e. The van der Waals surface area contributed by atoms with Crippen LogP contribution < -0.4 is 15.5 Å². The van der Waals surface area contributed by atoms with Gasteiger partial charge >= 0.3 is 12.3 Å². The van der Waals surface area contributed by atoms with Crippen molar-refractivity contribution in [3.8, 4) is 0 Å². The van der Waals surface area contributed by atoms with Crippen molar-refractivity contribution in [1.82, 2.24) is 20.6 Å². The highest BCUT2D eigenvalue weighted by atomic mass is 32.2. The molecule has 180 valence electrons. The van der Waals surface area contributed by atoms with E-state index in [0.29, 0.717) is 44.2 Å². The highest BCUT2D eigenvalue weighted by Gasteiger charge is 2.35. The smallest absolute Gasteiger partial charge is 0.433 e. The molecular weight excluding hydrogens is 463 g/mol. The summed E-state index contributed by atoms with van der Waals surface area (Å²) in [4.78, 5) is 44.3. The Kier molecular flexibility index (Phi) is 7.20.